The first kappa shape index (κ1) is 19.2. The van der Waals surface area contributed by atoms with Crippen molar-refractivity contribution in [1.82, 2.24) is 9.97 Å². The lowest BCUT2D eigenvalue weighted by atomic mass is 9.65. The van der Waals surface area contributed by atoms with Crippen LogP contribution >= 0.6 is 0 Å². The molecule has 155 valence electrons. The molecule has 1 radical (unpaired) electrons. The standard InChI is InChI=1S/C28H22N3O/c29-17-26-24-14-23(19-4-2-1-3-5-19)27(31-25(24)12-13-30-26)20-8-6-18(7-9-20)21-15-28(32,16-21)22-10-11-22/h1-9,12-14,22,32H,10-11,15-16H2. The Morgan fingerprint density at radius 1 is 0.906 bits per heavy atom. The van der Waals surface area contributed by atoms with Crippen molar-refractivity contribution < 1.29 is 5.11 Å². The average molecular weight is 417 g/mol. The average Bonchev–Trinajstić information content (AvgIpc) is 3.67. The molecule has 4 heteroatoms. The lowest BCUT2D eigenvalue weighted by molar-refractivity contribution is -0.0331. The van der Waals surface area contributed by atoms with E-state index in [1.165, 1.54) is 24.3 Å². The van der Waals surface area contributed by atoms with Gasteiger partial charge in [0.2, 0.25) is 0 Å². The Labute approximate surface area is 187 Å². The fourth-order valence-electron chi connectivity index (χ4n) is 4.91. The van der Waals surface area contributed by atoms with Gasteiger partial charge in [-0.15, -0.1) is 0 Å². The van der Waals surface area contributed by atoms with Gasteiger partial charge in [0.25, 0.3) is 0 Å². The van der Waals surface area contributed by atoms with E-state index in [-0.39, 0.29) is 0 Å². The lowest BCUT2D eigenvalue weighted by Crippen LogP contribution is -2.44. The number of fused-ring (bicyclic) bond motifs is 1. The molecule has 0 unspecified atom stereocenters. The molecule has 0 aliphatic heterocycles. The summed E-state index contributed by atoms with van der Waals surface area (Å²) in [6.45, 7) is 0. The van der Waals surface area contributed by atoms with E-state index in [1.54, 1.807) is 6.20 Å². The predicted molar refractivity (Wildman–Crippen MR) is 124 cm³/mol. The molecule has 2 saturated carbocycles. The van der Waals surface area contributed by atoms with Crippen LogP contribution in [0.2, 0.25) is 0 Å². The molecule has 2 aromatic heterocycles. The Balaban J connectivity index is 1.41. The largest absolute Gasteiger partial charge is 0.390 e. The summed E-state index contributed by atoms with van der Waals surface area (Å²) in [4.78, 5) is 9.17. The minimum atomic E-state index is -0.457. The Hall–Kier alpha value is -3.55. The van der Waals surface area contributed by atoms with Crippen LogP contribution in [0.25, 0.3) is 33.3 Å². The third kappa shape index (κ3) is 3.18. The number of benzene rings is 2. The van der Waals surface area contributed by atoms with E-state index in [1.807, 2.05) is 30.3 Å². The highest BCUT2D eigenvalue weighted by Gasteiger charge is 2.52. The van der Waals surface area contributed by atoms with Crippen LogP contribution in [0.3, 0.4) is 0 Å². The summed E-state index contributed by atoms with van der Waals surface area (Å²) in [7, 11) is 0. The van der Waals surface area contributed by atoms with Crippen molar-refractivity contribution in [1.29, 1.82) is 5.26 Å². The second kappa shape index (κ2) is 7.25. The zero-order valence-electron chi connectivity index (χ0n) is 17.6. The van der Waals surface area contributed by atoms with Crippen molar-refractivity contribution >= 4 is 10.9 Å². The zero-order chi connectivity index (χ0) is 21.7. The van der Waals surface area contributed by atoms with Gasteiger partial charge in [0.05, 0.1) is 16.8 Å². The van der Waals surface area contributed by atoms with Crippen molar-refractivity contribution in [2.45, 2.75) is 31.3 Å². The van der Waals surface area contributed by atoms with Crippen LogP contribution in [0.4, 0.5) is 0 Å². The molecule has 2 aliphatic carbocycles. The Morgan fingerprint density at radius 2 is 1.62 bits per heavy atom. The van der Waals surface area contributed by atoms with E-state index in [9.17, 15) is 10.4 Å². The van der Waals surface area contributed by atoms with E-state index >= 15 is 0 Å². The van der Waals surface area contributed by atoms with Crippen molar-refractivity contribution in [2.24, 2.45) is 5.92 Å². The Morgan fingerprint density at radius 3 is 2.31 bits per heavy atom. The third-order valence-electron chi connectivity index (χ3n) is 6.88. The van der Waals surface area contributed by atoms with Crippen molar-refractivity contribution in [2.75, 3.05) is 0 Å². The number of nitriles is 1. The number of hydrogen-bond donors (Lipinski definition) is 1. The summed E-state index contributed by atoms with van der Waals surface area (Å²) in [5.74, 6) is 1.85. The molecule has 0 spiro atoms. The fraction of sp³-hybridized carbons (Fsp3) is 0.214. The van der Waals surface area contributed by atoms with E-state index < -0.39 is 5.60 Å². The number of pyridine rings is 2. The van der Waals surface area contributed by atoms with Crippen molar-refractivity contribution in [3.05, 3.63) is 90.1 Å². The smallest absolute Gasteiger partial charge is 0.149 e. The molecule has 0 bridgehead atoms. The molecule has 32 heavy (non-hydrogen) atoms. The fourth-order valence-corrected chi connectivity index (χ4v) is 4.91. The first-order valence-electron chi connectivity index (χ1n) is 11.1. The minimum Gasteiger partial charge on any atom is -0.390 e. The lowest BCUT2D eigenvalue weighted by Gasteiger charge is -2.44. The SMILES string of the molecule is N#Cc1nccc2nc(-c3ccc([C]4CC(O)(C5CC5)C4)cc3)c(-c3ccccc3)cc12. The van der Waals surface area contributed by atoms with E-state index in [0.717, 1.165) is 46.1 Å². The normalized spacial score (nSPS) is 17.6. The maximum Gasteiger partial charge on any atom is 0.149 e. The highest BCUT2D eigenvalue weighted by atomic mass is 16.3. The quantitative estimate of drug-likeness (QED) is 0.464. The van der Waals surface area contributed by atoms with Gasteiger partial charge in [-0.05, 0) is 54.9 Å². The molecule has 2 fully saturated rings. The number of aliphatic hydroxyl groups is 1. The molecule has 1 N–H and O–H groups in total. The van der Waals surface area contributed by atoms with Gasteiger partial charge in [-0.1, -0.05) is 54.6 Å². The molecular formula is C28H22N3O. The van der Waals surface area contributed by atoms with Crippen LogP contribution in [0.1, 0.15) is 36.9 Å². The van der Waals surface area contributed by atoms with Gasteiger partial charge in [-0.3, -0.25) is 0 Å². The number of hydrogen-bond acceptors (Lipinski definition) is 4. The predicted octanol–water partition coefficient (Wildman–Crippen LogP) is 5.69. The third-order valence-corrected chi connectivity index (χ3v) is 6.88. The molecule has 6 rings (SSSR count). The van der Waals surface area contributed by atoms with Crippen molar-refractivity contribution in [3.8, 4) is 28.5 Å². The summed E-state index contributed by atoms with van der Waals surface area (Å²) in [5.41, 5.74) is 5.85. The summed E-state index contributed by atoms with van der Waals surface area (Å²) >= 11 is 0. The summed E-state index contributed by atoms with van der Waals surface area (Å²) < 4.78 is 0. The van der Waals surface area contributed by atoms with Gasteiger partial charge in [0.15, 0.2) is 0 Å². The number of nitrogens with zero attached hydrogens (tertiary/aromatic N) is 3. The van der Waals surface area contributed by atoms with Gasteiger partial charge in [0, 0.05) is 28.6 Å². The van der Waals surface area contributed by atoms with Gasteiger partial charge >= 0.3 is 0 Å². The molecule has 2 aromatic carbocycles. The van der Waals surface area contributed by atoms with E-state index in [2.05, 4.69) is 47.5 Å². The second-order valence-corrected chi connectivity index (χ2v) is 9.00. The molecule has 4 nitrogen and oxygen atoms in total. The molecule has 0 atom stereocenters. The monoisotopic (exact) mass is 416 g/mol. The Kier molecular flexibility index (Phi) is 4.34. The first-order valence-corrected chi connectivity index (χ1v) is 11.1. The maximum atomic E-state index is 10.7. The second-order valence-electron chi connectivity index (χ2n) is 9.00. The molecule has 0 amide bonds. The van der Waals surface area contributed by atoms with Crippen LogP contribution in [0.15, 0.2) is 72.9 Å². The molecule has 0 saturated heterocycles. The van der Waals surface area contributed by atoms with Gasteiger partial charge in [-0.25, -0.2) is 9.97 Å². The van der Waals surface area contributed by atoms with E-state index in [0.29, 0.717) is 11.6 Å². The topological polar surface area (TPSA) is 69.8 Å². The number of rotatable bonds is 4. The van der Waals surface area contributed by atoms with Crippen LogP contribution in [0.5, 0.6) is 0 Å². The van der Waals surface area contributed by atoms with Crippen LogP contribution in [0, 0.1) is 23.2 Å². The number of aromatic nitrogens is 2. The van der Waals surface area contributed by atoms with Gasteiger partial charge in [-0.2, -0.15) is 5.26 Å². The highest BCUT2D eigenvalue weighted by molar-refractivity contribution is 5.93. The van der Waals surface area contributed by atoms with Crippen LogP contribution in [-0.4, -0.2) is 20.7 Å². The summed E-state index contributed by atoms with van der Waals surface area (Å²) in [5, 5.41) is 20.9. The highest BCUT2D eigenvalue weighted by Crippen LogP contribution is 2.55. The first-order chi connectivity index (χ1) is 15.6. The van der Waals surface area contributed by atoms with Gasteiger partial charge in [0.1, 0.15) is 11.8 Å². The maximum absolute atomic E-state index is 10.7. The van der Waals surface area contributed by atoms with Crippen molar-refractivity contribution in [3.63, 3.8) is 0 Å². The summed E-state index contributed by atoms with van der Waals surface area (Å²) in [6, 6.07) is 24.7. The summed E-state index contributed by atoms with van der Waals surface area (Å²) in [6.07, 6.45) is 5.56. The molecular weight excluding hydrogens is 394 g/mol. The molecule has 2 heterocycles. The molecule has 2 aliphatic rings. The Bertz CT molecular complexity index is 1350. The van der Waals surface area contributed by atoms with Crippen LogP contribution < -0.4 is 0 Å². The van der Waals surface area contributed by atoms with Gasteiger partial charge < -0.3 is 5.11 Å². The zero-order valence-corrected chi connectivity index (χ0v) is 17.6. The van der Waals surface area contributed by atoms with E-state index in [4.69, 9.17) is 4.98 Å². The van der Waals surface area contributed by atoms with Crippen LogP contribution in [-0.2, 0) is 0 Å². The minimum absolute atomic E-state index is 0.388. The molecule has 4 aromatic rings.